The number of nitrogens with zero attached hydrogens (tertiary/aromatic N) is 1. The molecule has 8 heteroatoms. The number of nitrogens with one attached hydrogen (secondary N) is 1. The zero-order valence-electron chi connectivity index (χ0n) is 17.7. The first-order valence-corrected chi connectivity index (χ1v) is 9.86. The Morgan fingerprint density at radius 3 is 2.70 bits per heavy atom. The van der Waals surface area contributed by atoms with Gasteiger partial charge in [0.05, 0.1) is 52.6 Å². The number of fused-ring (bicyclic) bond motifs is 2. The third kappa shape index (κ3) is 3.37. The average Bonchev–Trinajstić information content (AvgIpc) is 3.25. The normalized spacial score (nSPS) is 19.9. The van der Waals surface area contributed by atoms with E-state index in [4.69, 9.17) is 23.7 Å². The highest BCUT2D eigenvalue weighted by Crippen LogP contribution is 2.48. The molecule has 0 saturated carbocycles. The van der Waals surface area contributed by atoms with Gasteiger partial charge in [-0.05, 0) is 29.8 Å². The van der Waals surface area contributed by atoms with Crippen molar-refractivity contribution >= 4 is 5.71 Å². The highest BCUT2D eigenvalue weighted by molar-refractivity contribution is 6.03. The molecule has 0 fully saturated rings. The Morgan fingerprint density at radius 1 is 1.17 bits per heavy atom. The Bertz CT molecular complexity index is 975. The monoisotopic (exact) mass is 415 g/mol. The minimum absolute atomic E-state index is 0.00000661. The van der Waals surface area contributed by atoms with Crippen LogP contribution < -0.4 is 28.6 Å². The van der Waals surface area contributed by atoms with E-state index < -0.39 is 0 Å². The Morgan fingerprint density at radius 2 is 2.00 bits per heavy atom. The molecule has 2 atom stereocenters. The van der Waals surface area contributed by atoms with Gasteiger partial charge >= 0.3 is 0 Å². The lowest BCUT2D eigenvalue weighted by Crippen LogP contribution is -3.10. The number of hydrogen-bond donors (Lipinski definition) is 2. The summed E-state index contributed by atoms with van der Waals surface area (Å²) >= 11 is 0. The van der Waals surface area contributed by atoms with E-state index in [9.17, 15) is 5.21 Å². The van der Waals surface area contributed by atoms with Gasteiger partial charge in [-0.2, -0.15) is 0 Å². The third-order valence-electron chi connectivity index (χ3n) is 5.92. The fraction of sp³-hybridized carbons (Fsp3) is 0.409. The molecule has 2 heterocycles. The average molecular weight is 415 g/mol. The second-order valence-corrected chi connectivity index (χ2v) is 7.43. The number of likely N-dealkylation sites (N-methyl/N-ethyl adjacent to an activating group) is 1. The Kier molecular flexibility index (Phi) is 5.59. The minimum atomic E-state index is 0.00000661. The molecule has 2 aromatic rings. The fourth-order valence-corrected chi connectivity index (χ4v) is 4.34. The number of rotatable bonds is 6. The topological polar surface area (TPSA) is 83.2 Å². The van der Waals surface area contributed by atoms with Crippen LogP contribution in [0.2, 0.25) is 0 Å². The van der Waals surface area contributed by atoms with Crippen molar-refractivity contribution in [2.45, 2.75) is 18.9 Å². The summed E-state index contributed by atoms with van der Waals surface area (Å²) in [5.41, 5.74) is 3.44. The maximum atomic E-state index is 9.92. The smallest absolute Gasteiger partial charge is 0.231 e. The summed E-state index contributed by atoms with van der Waals surface area (Å²) in [7, 11) is 6.97. The van der Waals surface area contributed by atoms with E-state index in [1.165, 1.54) is 10.5 Å². The van der Waals surface area contributed by atoms with Crippen molar-refractivity contribution in [2.75, 3.05) is 41.7 Å². The van der Waals surface area contributed by atoms with Gasteiger partial charge < -0.3 is 33.8 Å². The number of ether oxygens (including phenoxy) is 5. The van der Waals surface area contributed by atoms with E-state index in [-0.39, 0.29) is 12.8 Å². The lowest BCUT2D eigenvalue weighted by atomic mass is 9.87. The minimum Gasteiger partial charge on any atom is -0.497 e. The largest absolute Gasteiger partial charge is 0.497 e. The molecular formula is C22H27N2O6+. The summed E-state index contributed by atoms with van der Waals surface area (Å²) in [6.07, 6.45) is 1.38. The Labute approximate surface area is 175 Å². The number of benzene rings is 2. The van der Waals surface area contributed by atoms with Crippen LogP contribution in [0.5, 0.6) is 28.7 Å². The summed E-state index contributed by atoms with van der Waals surface area (Å²) in [4.78, 5) is 1.29. The van der Waals surface area contributed by atoms with Gasteiger partial charge in [0.2, 0.25) is 12.5 Å². The second-order valence-electron chi connectivity index (χ2n) is 7.43. The summed E-state index contributed by atoms with van der Waals surface area (Å²) in [5, 5.41) is 13.6. The highest BCUT2D eigenvalue weighted by atomic mass is 16.7. The van der Waals surface area contributed by atoms with Crippen molar-refractivity contribution in [3.63, 3.8) is 0 Å². The van der Waals surface area contributed by atoms with Crippen molar-refractivity contribution in [3.8, 4) is 28.7 Å². The molecule has 0 amide bonds. The van der Waals surface area contributed by atoms with Crippen LogP contribution in [-0.2, 0) is 6.42 Å². The van der Waals surface area contributed by atoms with Crippen LogP contribution in [0.3, 0.4) is 0 Å². The number of methoxy groups -OCH3 is 3. The Hall–Kier alpha value is -3.13. The van der Waals surface area contributed by atoms with E-state index in [1.54, 1.807) is 21.3 Å². The maximum Gasteiger partial charge on any atom is 0.231 e. The lowest BCUT2D eigenvalue weighted by Gasteiger charge is -2.33. The van der Waals surface area contributed by atoms with Crippen molar-refractivity contribution in [1.82, 2.24) is 0 Å². The molecule has 0 spiro atoms. The number of quaternary nitrogens is 1. The van der Waals surface area contributed by atoms with Gasteiger partial charge in [-0.15, -0.1) is 0 Å². The van der Waals surface area contributed by atoms with Gasteiger partial charge in [0.15, 0.2) is 11.5 Å². The SMILES string of the molecule is COc1ccc(OC)c(/C(C[C@H]2c3c(cc4c(c3OC)OCO4)CC[NH+]2C)=N/O)c1. The van der Waals surface area contributed by atoms with Crippen LogP contribution in [0.4, 0.5) is 0 Å². The van der Waals surface area contributed by atoms with E-state index in [0.717, 1.165) is 24.3 Å². The lowest BCUT2D eigenvalue weighted by molar-refractivity contribution is -0.913. The first-order valence-electron chi connectivity index (χ1n) is 9.86. The molecule has 0 radical (unpaired) electrons. The standard InChI is InChI=1S/C22H26N2O6/c1-24-8-7-13-9-19-21(30-12-29-19)22(28-4)20(13)17(24)11-16(23-25)15-10-14(26-2)5-6-18(15)27-3/h5-6,9-10,17,25H,7-8,11-12H2,1-4H3/p+1/b23-16+/t17-/m0/s1. The summed E-state index contributed by atoms with van der Waals surface area (Å²) in [6.45, 7) is 1.13. The van der Waals surface area contributed by atoms with Crippen LogP contribution in [-0.4, -0.2) is 52.6 Å². The van der Waals surface area contributed by atoms with E-state index in [1.807, 2.05) is 24.3 Å². The molecule has 0 bridgehead atoms. The molecule has 160 valence electrons. The summed E-state index contributed by atoms with van der Waals surface area (Å²) < 4.78 is 27.9. The molecular weight excluding hydrogens is 388 g/mol. The summed E-state index contributed by atoms with van der Waals surface area (Å²) in [5.74, 6) is 3.33. The molecule has 2 aliphatic heterocycles. The molecule has 30 heavy (non-hydrogen) atoms. The predicted octanol–water partition coefficient (Wildman–Crippen LogP) is 1.82. The van der Waals surface area contributed by atoms with Gasteiger partial charge in [0.1, 0.15) is 17.5 Å². The molecule has 0 saturated heterocycles. The third-order valence-corrected chi connectivity index (χ3v) is 5.92. The van der Waals surface area contributed by atoms with Crippen LogP contribution in [0.25, 0.3) is 0 Å². The van der Waals surface area contributed by atoms with Crippen LogP contribution in [0.1, 0.15) is 29.2 Å². The van der Waals surface area contributed by atoms with Gasteiger partial charge in [0, 0.05) is 12.0 Å². The van der Waals surface area contributed by atoms with Crippen molar-refractivity contribution in [1.29, 1.82) is 0 Å². The van der Waals surface area contributed by atoms with Gasteiger partial charge in [-0.1, -0.05) is 5.16 Å². The Balaban J connectivity index is 1.77. The predicted molar refractivity (Wildman–Crippen MR) is 110 cm³/mol. The molecule has 4 rings (SSSR count). The maximum absolute atomic E-state index is 9.92. The van der Waals surface area contributed by atoms with Gasteiger partial charge in [-0.3, -0.25) is 0 Å². The van der Waals surface area contributed by atoms with E-state index in [2.05, 4.69) is 12.2 Å². The quantitative estimate of drug-likeness (QED) is 0.426. The molecule has 0 aromatic heterocycles. The van der Waals surface area contributed by atoms with Crippen LogP contribution >= 0.6 is 0 Å². The van der Waals surface area contributed by atoms with Crippen molar-refractivity contribution in [2.24, 2.45) is 5.16 Å². The zero-order valence-corrected chi connectivity index (χ0v) is 17.7. The molecule has 2 N–H and O–H groups in total. The number of hydrogen-bond acceptors (Lipinski definition) is 7. The molecule has 2 aliphatic rings. The van der Waals surface area contributed by atoms with Crippen molar-refractivity contribution in [3.05, 3.63) is 41.0 Å². The zero-order chi connectivity index (χ0) is 21.3. The van der Waals surface area contributed by atoms with Crippen LogP contribution in [0, 0.1) is 0 Å². The van der Waals surface area contributed by atoms with Crippen LogP contribution in [0.15, 0.2) is 29.4 Å². The fourth-order valence-electron chi connectivity index (χ4n) is 4.34. The molecule has 2 aromatic carbocycles. The van der Waals surface area contributed by atoms with E-state index in [0.29, 0.717) is 40.7 Å². The molecule has 8 nitrogen and oxygen atoms in total. The first-order chi connectivity index (χ1) is 14.6. The van der Waals surface area contributed by atoms with E-state index >= 15 is 0 Å². The number of oxime groups is 1. The first kappa shape index (κ1) is 20.2. The molecule has 0 aliphatic carbocycles. The second kappa shape index (κ2) is 8.31. The molecule has 1 unspecified atom stereocenters. The van der Waals surface area contributed by atoms with Gasteiger partial charge in [-0.25, -0.2) is 0 Å². The summed E-state index contributed by atoms with van der Waals surface area (Å²) in [6, 6.07) is 7.49. The van der Waals surface area contributed by atoms with Gasteiger partial charge in [0.25, 0.3) is 0 Å². The van der Waals surface area contributed by atoms with Crippen molar-refractivity contribution < 1.29 is 33.8 Å². The highest BCUT2D eigenvalue weighted by Gasteiger charge is 2.37.